The van der Waals surface area contributed by atoms with E-state index in [1.807, 2.05) is 0 Å². The Balaban J connectivity index is 2.06. The van der Waals surface area contributed by atoms with Gasteiger partial charge in [0.05, 0.1) is 6.61 Å². The Bertz CT molecular complexity index is 228. The van der Waals surface area contributed by atoms with Crippen LogP contribution in [-0.2, 0) is 4.74 Å². The highest BCUT2D eigenvalue weighted by atomic mass is 16.5. The normalized spacial score (nSPS) is 42.2. The van der Waals surface area contributed by atoms with E-state index in [4.69, 9.17) is 4.74 Å². The van der Waals surface area contributed by atoms with E-state index < -0.39 is 0 Å². The molecule has 3 unspecified atom stereocenters. The molecule has 2 saturated heterocycles. The second kappa shape index (κ2) is 5.03. The van der Waals surface area contributed by atoms with Gasteiger partial charge in [-0.3, -0.25) is 4.90 Å². The Hall–Kier alpha value is -0.120. The van der Waals surface area contributed by atoms with Crippen LogP contribution in [0.2, 0.25) is 0 Å². The van der Waals surface area contributed by atoms with E-state index in [1.54, 1.807) is 0 Å². The average molecular weight is 226 g/mol. The summed E-state index contributed by atoms with van der Waals surface area (Å²) >= 11 is 0. The van der Waals surface area contributed by atoms with Gasteiger partial charge in [0.25, 0.3) is 0 Å². The van der Waals surface area contributed by atoms with Crippen LogP contribution >= 0.6 is 0 Å². The molecule has 0 aromatic carbocycles. The third-order valence-electron chi connectivity index (χ3n) is 4.37. The van der Waals surface area contributed by atoms with Crippen LogP contribution in [0.1, 0.15) is 40.0 Å². The third kappa shape index (κ3) is 2.58. The van der Waals surface area contributed by atoms with Gasteiger partial charge in [-0.2, -0.15) is 0 Å². The first-order chi connectivity index (χ1) is 7.64. The maximum atomic E-state index is 5.54. The fourth-order valence-corrected chi connectivity index (χ4v) is 2.87. The summed E-state index contributed by atoms with van der Waals surface area (Å²) in [5.74, 6) is 0. The molecule has 16 heavy (non-hydrogen) atoms. The van der Waals surface area contributed by atoms with Gasteiger partial charge in [0.1, 0.15) is 0 Å². The van der Waals surface area contributed by atoms with E-state index in [0.29, 0.717) is 12.1 Å². The molecule has 2 heterocycles. The average Bonchev–Trinajstić information content (AvgIpc) is 2.74. The van der Waals surface area contributed by atoms with Crippen LogP contribution in [-0.4, -0.2) is 48.8 Å². The fraction of sp³-hybridized carbons (Fsp3) is 1.00. The fourth-order valence-electron chi connectivity index (χ4n) is 2.87. The van der Waals surface area contributed by atoms with Crippen molar-refractivity contribution in [3.8, 4) is 0 Å². The van der Waals surface area contributed by atoms with Crippen molar-refractivity contribution in [2.24, 2.45) is 0 Å². The van der Waals surface area contributed by atoms with Crippen LogP contribution in [0.4, 0.5) is 0 Å². The third-order valence-corrected chi connectivity index (χ3v) is 4.37. The topological polar surface area (TPSA) is 24.5 Å². The van der Waals surface area contributed by atoms with Gasteiger partial charge in [-0.25, -0.2) is 0 Å². The monoisotopic (exact) mass is 226 g/mol. The number of hydrogen-bond acceptors (Lipinski definition) is 3. The maximum Gasteiger partial charge on any atom is 0.0622 e. The summed E-state index contributed by atoms with van der Waals surface area (Å²) in [6, 6.07) is 1.34. The smallest absolute Gasteiger partial charge is 0.0622 e. The highest BCUT2D eigenvalue weighted by molar-refractivity contribution is 4.93. The van der Waals surface area contributed by atoms with Crippen molar-refractivity contribution in [2.45, 2.75) is 57.7 Å². The van der Waals surface area contributed by atoms with Crippen LogP contribution in [0.3, 0.4) is 0 Å². The Morgan fingerprint density at radius 2 is 2.25 bits per heavy atom. The van der Waals surface area contributed by atoms with Crippen molar-refractivity contribution in [3.63, 3.8) is 0 Å². The first kappa shape index (κ1) is 12.3. The lowest BCUT2D eigenvalue weighted by Crippen LogP contribution is -2.52. The molecule has 94 valence electrons. The first-order valence-corrected chi connectivity index (χ1v) is 6.73. The standard InChI is InChI=1S/C13H26N2O/c1-4-13(3)10-15(11(2)5-7-14-13)12-6-8-16-9-12/h11-12,14H,4-10H2,1-3H3. The lowest BCUT2D eigenvalue weighted by atomic mass is 9.97. The SMILES string of the molecule is CCC1(C)CN(C2CCOC2)C(C)CCN1. The summed E-state index contributed by atoms with van der Waals surface area (Å²) in [6.45, 7) is 11.2. The van der Waals surface area contributed by atoms with Crippen molar-refractivity contribution in [2.75, 3.05) is 26.3 Å². The van der Waals surface area contributed by atoms with Crippen molar-refractivity contribution in [1.82, 2.24) is 10.2 Å². The number of nitrogens with zero attached hydrogens (tertiary/aromatic N) is 1. The van der Waals surface area contributed by atoms with Crippen LogP contribution < -0.4 is 5.32 Å². The highest BCUT2D eigenvalue weighted by Crippen LogP contribution is 2.24. The molecule has 2 aliphatic rings. The summed E-state index contributed by atoms with van der Waals surface area (Å²) in [4.78, 5) is 2.68. The highest BCUT2D eigenvalue weighted by Gasteiger charge is 2.35. The minimum atomic E-state index is 0.285. The van der Waals surface area contributed by atoms with E-state index in [9.17, 15) is 0 Å². The molecule has 2 aliphatic heterocycles. The zero-order valence-corrected chi connectivity index (χ0v) is 11.0. The molecule has 0 bridgehead atoms. The van der Waals surface area contributed by atoms with Crippen LogP contribution in [0.5, 0.6) is 0 Å². The van der Waals surface area contributed by atoms with Crippen molar-refractivity contribution >= 4 is 0 Å². The van der Waals surface area contributed by atoms with Crippen LogP contribution in [0, 0.1) is 0 Å². The lowest BCUT2D eigenvalue weighted by molar-refractivity contribution is 0.0974. The molecule has 3 atom stereocenters. The summed E-state index contributed by atoms with van der Waals surface area (Å²) in [7, 11) is 0. The molecule has 1 N–H and O–H groups in total. The molecule has 0 aromatic rings. The van der Waals surface area contributed by atoms with Gasteiger partial charge < -0.3 is 10.1 Å². The summed E-state index contributed by atoms with van der Waals surface area (Å²) < 4.78 is 5.54. The van der Waals surface area contributed by atoms with Gasteiger partial charge in [0.15, 0.2) is 0 Å². The molecule has 0 aromatic heterocycles. The van der Waals surface area contributed by atoms with Gasteiger partial charge in [-0.05, 0) is 39.7 Å². The molecule has 0 aliphatic carbocycles. The summed E-state index contributed by atoms with van der Waals surface area (Å²) in [5, 5.41) is 3.71. The van der Waals surface area contributed by atoms with E-state index in [-0.39, 0.29) is 5.54 Å². The van der Waals surface area contributed by atoms with E-state index in [1.165, 1.54) is 25.8 Å². The van der Waals surface area contributed by atoms with Gasteiger partial charge in [0, 0.05) is 30.8 Å². The molecule has 2 rings (SSSR count). The minimum absolute atomic E-state index is 0.285. The Morgan fingerprint density at radius 3 is 2.88 bits per heavy atom. The predicted octanol–water partition coefficient (Wildman–Crippen LogP) is 1.63. The molecule has 3 nitrogen and oxygen atoms in total. The van der Waals surface area contributed by atoms with Crippen molar-refractivity contribution in [3.05, 3.63) is 0 Å². The summed E-state index contributed by atoms with van der Waals surface area (Å²) in [6.07, 6.45) is 3.67. The lowest BCUT2D eigenvalue weighted by Gasteiger charge is -2.38. The van der Waals surface area contributed by atoms with Crippen molar-refractivity contribution in [1.29, 1.82) is 0 Å². The number of hydrogen-bond donors (Lipinski definition) is 1. The first-order valence-electron chi connectivity index (χ1n) is 6.73. The Morgan fingerprint density at radius 1 is 1.44 bits per heavy atom. The molecule has 0 radical (unpaired) electrons. The van der Waals surface area contributed by atoms with Gasteiger partial charge >= 0.3 is 0 Å². The molecule has 0 spiro atoms. The van der Waals surface area contributed by atoms with E-state index >= 15 is 0 Å². The van der Waals surface area contributed by atoms with Gasteiger partial charge in [0.2, 0.25) is 0 Å². The predicted molar refractivity (Wildman–Crippen MR) is 66.7 cm³/mol. The maximum absolute atomic E-state index is 5.54. The number of rotatable bonds is 2. The molecule has 2 fully saturated rings. The molecular formula is C13H26N2O. The number of nitrogens with one attached hydrogen (secondary N) is 1. The Kier molecular flexibility index (Phi) is 3.88. The second-order valence-corrected chi connectivity index (χ2v) is 5.67. The second-order valence-electron chi connectivity index (χ2n) is 5.67. The van der Waals surface area contributed by atoms with Crippen molar-refractivity contribution < 1.29 is 4.74 Å². The number of ether oxygens (including phenoxy) is 1. The Labute approximate surface area is 99.5 Å². The van der Waals surface area contributed by atoms with Crippen LogP contribution in [0.25, 0.3) is 0 Å². The van der Waals surface area contributed by atoms with E-state index in [0.717, 1.165) is 19.8 Å². The van der Waals surface area contributed by atoms with Gasteiger partial charge in [-0.1, -0.05) is 6.92 Å². The zero-order chi connectivity index (χ0) is 11.6. The molecule has 0 saturated carbocycles. The van der Waals surface area contributed by atoms with Gasteiger partial charge in [-0.15, -0.1) is 0 Å². The largest absolute Gasteiger partial charge is 0.380 e. The van der Waals surface area contributed by atoms with E-state index in [2.05, 4.69) is 31.0 Å². The molecule has 0 amide bonds. The quantitative estimate of drug-likeness (QED) is 0.774. The van der Waals surface area contributed by atoms with Crippen LogP contribution in [0.15, 0.2) is 0 Å². The molecule has 3 heteroatoms. The minimum Gasteiger partial charge on any atom is -0.380 e. The molecular weight excluding hydrogens is 200 g/mol. The summed E-state index contributed by atoms with van der Waals surface area (Å²) in [5.41, 5.74) is 0.285. The zero-order valence-electron chi connectivity index (χ0n) is 11.0.